The smallest absolute Gasteiger partial charge is 0.115 e. The second-order valence-electron chi connectivity index (χ2n) is 2.41. The standard InChI is InChI=1S/C8H11N3/c1-11(2)6-4-8-3-5-9-7-10-8/h3-7H,1-2H3/b6-4-. The average molecular weight is 149 g/mol. The molecule has 0 aliphatic rings. The molecule has 0 amide bonds. The van der Waals surface area contributed by atoms with Crippen molar-refractivity contribution in [2.24, 2.45) is 0 Å². The van der Waals surface area contributed by atoms with Crippen molar-refractivity contribution in [3.8, 4) is 0 Å². The van der Waals surface area contributed by atoms with Crippen molar-refractivity contribution in [3.05, 3.63) is 30.5 Å². The molecular formula is C8H11N3. The lowest BCUT2D eigenvalue weighted by Gasteiger charge is -2.01. The van der Waals surface area contributed by atoms with E-state index in [1.807, 2.05) is 37.3 Å². The van der Waals surface area contributed by atoms with Gasteiger partial charge in [0, 0.05) is 26.5 Å². The summed E-state index contributed by atoms with van der Waals surface area (Å²) in [5.41, 5.74) is 0.925. The summed E-state index contributed by atoms with van der Waals surface area (Å²) in [6, 6.07) is 1.86. The highest BCUT2D eigenvalue weighted by molar-refractivity contribution is 5.42. The predicted octanol–water partition coefficient (Wildman–Crippen LogP) is 1.01. The van der Waals surface area contributed by atoms with Gasteiger partial charge in [0.2, 0.25) is 0 Å². The van der Waals surface area contributed by atoms with Crippen LogP contribution in [0.15, 0.2) is 24.8 Å². The van der Waals surface area contributed by atoms with Crippen LogP contribution in [0, 0.1) is 0 Å². The topological polar surface area (TPSA) is 29.0 Å². The Morgan fingerprint density at radius 2 is 2.27 bits per heavy atom. The van der Waals surface area contributed by atoms with E-state index in [0.717, 1.165) is 5.69 Å². The Morgan fingerprint density at radius 1 is 1.45 bits per heavy atom. The second kappa shape index (κ2) is 3.71. The number of rotatable bonds is 2. The zero-order chi connectivity index (χ0) is 8.10. The molecule has 0 unspecified atom stereocenters. The predicted molar refractivity (Wildman–Crippen MR) is 44.8 cm³/mol. The molecule has 3 heteroatoms. The van der Waals surface area contributed by atoms with E-state index in [1.165, 1.54) is 6.33 Å². The third-order valence-electron chi connectivity index (χ3n) is 1.15. The van der Waals surface area contributed by atoms with Gasteiger partial charge in [-0.15, -0.1) is 0 Å². The average Bonchev–Trinajstić information content (AvgIpc) is 2.03. The molecule has 0 saturated heterocycles. The fourth-order valence-corrected chi connectivity index (χ4v) is 0.625. The summed E-state index contributed by atoms with van der Waals surface area (Å²) in [4.78, 5) is 9.80. The Bertz CT molecular complexity index is 228. The molecule has 0 spiro atoms. The highest BCUT2D eigenvalue weighted by Gasteiger charge is 1.83. The fraction of sp³-hybridized carbons (Fsp3) is 0.250. The van der Waals surface area contributed by atoms with Gasteiger partial charge in [0.1, 0.15) is 6.33 Å². The summed E-state index contributed by atoms with van der Waals surface area (Å²) in [5.74, 6) is 0. The lowest BCUT2D eigenvalue weighted by Crippen LogP contribution is -1.99. The normalized spacial score (nSPS) is 10.4. The van der Waals surface area contributed by atoms with Gasteiger partial charge < -0.3 is 4.90 Å². The van der Waals surface area contributed by atoms with Crippen molar-refractivity contribution in [1.29, 1.82) is 0 Å². The third-order valence-corrected chi connectivity index (χ3v) is 1.15. The summed E-state index contributed by atoms with van der Waals surface area (Å²) >= 11 is 0. The SMILES string of the molecule is CN(C)/C=C\c1ccncn1. The van der Waals surface area contributed by atoms with Crippen molar-refractivity contribution in [2.75, 3.05) is 14.1 Å². The van der Waals surface area contributed by atoms with Crippen molar-refractivity contribution >= 4 is 6.08 Å². The first-order valence-electron chi connectivity index (χ1n) is 3.39. The van der Waals surface area contributed by atoms with E-state index in [9.17, 15) is 0 Å². The first-order valence-corrected chi connectivity index (χ1v) is 3.39. The van der Waals surface area contributed by atoms with Crippen molar-refractivity contribution in [3.63, 3.8) is 0 Å². The summed E-state index contributed by atoms with van der Waals surface area (Å²) < 4.78 is 0. The first kappa shape index (κ1) is 7.72. The number of aromatic nitrogens is 2. The Hall–Kier alpha value is -1.38. The summed E-state index contributed by atoms with van der Waals surface area (Å²) in [7, 11) is 3.94. The second-order valence-corrected chi connectivity index (χ2v) is 2.41. The zero-order valence-electron chi connectivity index (χ0n) is 6.73. The summed E-state index contributed by atoms with van der Waals surface area (Å²) in [6.07, 6.45) is 7.14. The number of hydrogen-bond acceptors (Lipinski definition) is 3. The Balaban J connectivity index is 2.65. The van der Waals surface area contributed by atoms with Crippen LogP contribution in [0.2, 0.25) is 0 Å². The van der Waals surface area contributed by atoms with Crippen LogP contribution in [0.3, 0.4) is 0 Å². The number of nitrogens with zero attached hydrogens (tertiary/aromatic N) is 3. The van der Waals surface area contributed by atoms with E-state index in [-0.39, 0.29) is 0 Å². The van der Waals surface area contributed by atoms with Crippen molar-refractivity contribution in [2.45, 2.75) is 0 Å². The minimum atomic E-state index is 0.925. The van der Waals surface area contributed by atoms with Crippen LogP contribution in [-0.4, -0.2) is 29.0 Å². The van der Waals surface area contributed by atoms with Gasteiger partial charge in [-0.25, -0.2) is 9.97 Å². The third kappa shape index (κ3) is 2.80. The van der Waals surface area contributed by atoms with Gasteiger partial charge in [-0.2, -0.15) is 0 Å². The molecule has 1 rings (SSSR count). The molecule has 1 aromatic rings. The van der Waals surface area contributed by atoms with E-state index in [2.05, 4.69) is 9.97 Å². The highest BCUT2D eigenvalue weighted by atomic mass is 15.0. The molecule has 11 heavy (non-hydrogen) atoms. The molecule has 3 nitrogen and oxygen atoms in total. The Labute approximate surface area is 66.4 Å². The molecule has 0 fully saturated rings. The van der Waals surface area contributed by atoms with E-state index in [4.69, 9.17) is 0 Å². The maximum absolute atomic E-state index is 4.03. The number of hydrogen-bond donors (Lipinski definition) is 0. The Kier molecular flexibility index (Phi) is 2.60. The highest BCUT2D eigenvalue weighted by Crippen LogP contribution is 1.94. The monoisotopic (exact) mass is 149 g/mol. The van der Waals surface area contributed by atoms with Crippen LogP contribution in [0.1, 0.15) is 5.69 Å². The Morgan fingerprint density at radius 3 is 2.82 bits per heavy atom. The van der Waals surface area contributed by atoms with Crippen LogP contribution in [0.4, 0.5) is 0 Å². The molecule has 0 radical (unpaired) electrons. The molecule has 1 heterocycles. The van der Waals surface area contributed by atoms with E-state index in [0.29, 0.717) is 0 Å². The van der Waals surface area contributed by atoms with Crippen molar-refractivity contribution < 1.29 is 0 Å². The van der Waals surface area contributed by atoms with Gasteiger partial charge in [-0.1, -0.05) is 0 Å². The minimum Gasteiger partial charge on any atom is -0.383 e. The maximum Gasteiger partial charge on any atom is 0.115 e. The molecular weight excluding hydrogens is 138 g/mol. The lowest BCUT2D eigenvalue weighted by atomic mass is 10.4. The zero-order valence-corrected chi connectivity index (χ0v) is 6.73. The van der Waals surface area contributed by atoms with Gasteiger partial charge in [-0.3, -0.25) is 0 Å². The van der Waals surface area contributed by atoms with E-state index < -0.39 is 0 Å². The molecule has 0 N–H and O–H groups in total. The van der Waals surface area contributed by atoms with E-state index in [1.54, 1.807) is 6.20 Å². The summed E-state index contributed by atoms with van der Waals surface area (Å²) in [6.45, 7) is 0. The molecule has 1 aromatic heterocycles. The largest absolute Gasteiger partial charge is 0.383 e. The molecule has 0 aliphatic carbocycles. The molecule has 0 atom stereocenters. The molecule has 0 aliphatic heterocycles. The van der Waals surface area contributed by atoms with Gasteiger partial charge in [0.25, 0.3) is 0 Å². The van der Waals surface area contributed by atoms with Crippen LogP contribution in [-0.2, 0) is 0 Å². The van der Waals surface area contributed by atoms with Gasteiger partial charge in [-0.05, 0) is 12.1 Å². The van der Waals surface area contributed by atoms with Gasteiger partial charge in [0.05, 0.1) is 5.69 Å². The van der Waals surface area contributed by atoms with Crippen LogP contribution >= 0.6 is 0 Å². The van der Waals surface area contributed by atoms with Crippen LogP contribution in [0.25, 0.3) is 6.08 Å². The molecule has 0 bridgehead atoms. The van der Waals surface area contributed by atoms with Crippen LogP contribution in [0.5, 0.6) is 0 Å². The maximum atomic E-state index is 4.03. The lowest BCUT2D eigenvalue weighted by molar-refractivity contribution is 0.567. The van der Waals surface area contributed by atoms with Crippen LogP contribution < -0.4 is 0 Å². The molecule has 0 saturated carbocycles. The quantitative estimate of drug-likeness (QED) is 0.628. The van der Waals surface area contributed by atoms with Crippen molar-refractivity contribution in [1.82, 2.24) is 14.9 Å². The molecule has 0 aromatic carbocycles. The first-order chi connectivity index (χ1) is 5.29. The minimum absolute atomic E-state index is 0.925. The molecule has 58 valence electrons. The van der Waals surface area contributed by atoms with Gasteiger partial charge >= 0.3 is 0 Å². The summed E-state index contributed by atoms with van der Waals surface area (Å²) in [5, 5.41) is 0. The van der Waals surface area contributed by atoms with E-state index >= 15 is 0 Å². The fourth-order valence-electron chi connectivity index (χ4n) is 0.625. The van der Waals surface area contributed by atoms with Gasteiger partial charge in [0.15, 0.2) is 0 Å².